The SMILES string of the molecule is CCCN(C(=O)c1ccc(F)c(C)c1)C1CNC1. The maximum atomic E-state index is 13.2. The molecule has 4 heteroatoms. The van der Waals surface area contributed by atoms with Crippen LogP contribution in [0.2, 0.25) is 0 Å². The predicted octanol–water partition coefficient (Wildman–Crippen LogP) is 1.96. The second kappa shape index (κ2) is 5.48. The molecule has 0 aromatic heterocycles. The van der Waals surface area contributed by atoms with Crippen LogP contribution in [0.5, 0.6) is 0 Å². The highest BCUT2D eigenvalue weighted by Gasteiger charge is 2.28. The number of rotatable bonds is 4. The van der Waals surface area contributed by atoms with Gasteiger partial charge in [0.05, 0.1) is 6.04 Å². The number of benzene rings is 1. The number of carbonyl (C=O) groups excluding carboxylic acids is 1. The van der Waals surface area contributed by atoms with Crippen molar-refractivity contribution < 1.29 is 9.18 Å². The van der Waals surface area contributed by atoms with Gasteiger partial charge in [-0.1, -0.05) is 6.92 Å². The number of hydrogen-bond donors (Lipinski definition) is 1. The molecule has 1 fully saturated rings. The summed E-state index contributed by atoms with van der Waals surface area (Å²) in [4.78, 5) is 14.3. The average Bonchev–Trinajstić information content (AvgIpc) is 2.29. The fraction of sp³-hybridized carbons (Fsp3) is 0.500. The maximum Gasteiger partial charge on any atom is 0.254 e. The molecule has 1 amide bonds. The number of nitrogens with zero attached hydrogens (tertiary/aromatic N) is 1. The summed E-state index contributed by atoms with van der Waals surface area (Å²) in [7, 11) is 0. The van der Waals surface area contributed by atoms with Gasteiger partial charge >= 0.3 is 0 Å². The van der Waals surface area contributed by atoms with Gasteiger partial charge in [0.15, 0.2) is 0 Å². The molecule has 1 aromatic carbocycles. The molecular formula is C14H19FN2O. The van der Waals surface area contributed by atoms with Crippen molar-refractivity contribution in [1.82, 2.24) is 10.2 Å². The largest absolute Gasteiger partial charge is 0.333 e. The Kier molecular flexibility index (Phi) is 3.97. The van der Waals surface area contributed by atoms with Crippen LogP contribution in [0.4, 0.5) is 4.39 Å². The van der Waals surface area contributed by atoms with Crippen LogP contribution in [0.1, 0.15) is 29.3 Å². The molecular weight excluding hydrogens is 231 g/mol. The molecule has 18 heavy (non-hydrogen) atoms. The van der Waals surface area contributed by atoms with Gasteiger partial charge in [0.1, 0.15) is 5.82 Å². The number of aryl methyl sites for hydroxylation is 1. The van der Waals surface area contributed by atoms with Crippen molar-refractivity contribution in [3.8, 4) is 0 Å². The number of halogens is 1. The first kappa shape index (κ1) is 13.0. The molecule has 0 spiro atoms. The third-order valence-corrected chi connectivity index (χ3v) is 3.33. The Hall–Kier alpha value is -1.42. The molecule has 0 aliphatic carbocycles. The average molecular weight is 250 g/mol. The smallest absolute Gasteiger partial charge is 0.254 e. The van der Waals surface area contributed by atoms with Crippen LogP contribution >= 0.6 is 0 Å². The molecule has 98 valence electrons. The zero-order chi connectivity index (χ0) is 13.1. The van der Waals surface area contributed by atoms with Crippen LogP contribution in [0.25, 0.3) is 0 Å². The third-order valence-electron chi connectivity index (χ3n) is 3.33. The third kappa shape index (κ3) is 2.53. The second-order valence-corrected chi connectivity index (χ2v) is 4.77. The van der Waals surface area contributed by atoms with Crippen molar-refractivity contribution in [3.05, 3.63) is 35.1 Å². The van der Waals surface area contributed by atoms with E-state index >= 15 is 0 Å². The van der Waals surface area contributed by atoms with Crippen LogP contribution in [0.15, 0.2) is 18.2 Å². The second-order valence-electron chi connectivity index (χ2n) is 4.77. The molecule has 1 saturated heterocycles. The van der Waals surface area contributed by atoms with Gasteiger partial charge in [-0.25, -0.2) is 4.39 Å². The quantitative estimate of drug-likeness (QED) is 0.886. The Morgan fingerprint density at radius 3 is 2.72 bits per heavy atom. The summed E-state index contributed by atoms with van der Waals surface area (Å²) in [5.41, 5.74) is 1.10. The number of amides is 1. The lowest BCUT2D eigenvalue weighted by atomic mass is 10.1. The highest BCUT2D eigenvalue weighted by atomic mass is 19.1. The zero-order valence-electron chi connectivity index (χ0n) is 10.9. The molecule has 1 aromatic rings. The van der Waals surface area contributed by atoms with Gasteiger partial charge in [0.25, 0.3) is 5.91 Å². The van der Waals surface area contributed by atoms with Gasteiger partial charge < -0.3 is 10.2 Å². The van der Waals surface area contributed by atoms with E-state index in [-0.39, 0.29) is 17.8 Å². The topological polar surface area (TPSA) is 32.3 Å². The van der Waals surface area contributed by atoms with Crippen molar-refractivity contribution in [1.29, 1.82) is 0 Å². The van der Waals surface area contributed by atoms with Gasteiger partial charge in [0.2, 0.25) is 0 Å². The summed E-state index contributed by atoms with van der Waals surface area (Å²) < 4.78 is 13.2. The van der Waals surface area contributed by atoms with Crippen molar-refractivity contribution in [2.75, 3.05) is 19.6 Å². The van der Waals surface area contributed by atoms with Crippen LogP contribution < -0.4 is 5.32 Å². The van der Waals surface area contributed by atoms with E-state index in [1.165, 1.54) is 6.07 Å². The van der Waals surface area contributed by atoms with Crippen molar-refractivity contribution in [3.63, 3.8) is 0 Å². The van der Waals surface area contributed by atoms with Crippen molar-refractivity contribution in [2.24, 2.45) is 0 Å². The predicted molar refractivity (Wildman–Crippen MR) is 69.1 cm³/mol. The van der Waals surface area contributed by atoms with E-state index in [0.717, 1.165) is 26.1 Å². The molecule has 1 aliphatic rings. The van der Waals surface area contributed by atoms with Crippen LogP contribution in [-0.4, -0.2) is 36.5 Å². The Balaban J connectivity index is 2.18. The normalized spacial score (nSPS) is 15.3. The standard InChI is InChI=1S/C14H19FN2O/c1-3-6-17(12-8-16-9-12)14(18)11-4-5-13(15)10(2)7-11/h4-5,7,12,16H,3,6,8-9H2,1-2H3. The summed E-state index contributed by atoms with van der Waals surface area (Å²) >= 11 is 0. The van der Waals surface area contributed by atoms with Crippen LogP contribution in [-0.2, 0) is 0 Å². The van der Waals surface area contributed by atoms with E-state index in [0.29, 0.717) is 11.1 Å². The van der Waals surface area contributed by atoms with E-state index in [9.17, 15) is 9.18 Å². The molecule has 0 atom stereocenters. The summed E-state index contributed by atoms with van der Waals surface area (Å²) in [6, 6.07) is 4.85. The first-order chi connectivity index (χ1) is 8.63. The van der Waals surface area contributed by atoms with E-state index < -0.39 is 0 Å². The van der Waals surface area contributed by atoms with E-state index in [4.69, 9.17) is 0 Å². The fourth-order valence-corrected chi connectivity index (χ4v) is 2.13. The van der Waals surface area contributed by atoms with Gasteiger partial charge in [0, 0.05) is 25.2 Å². The monoisotopic (exact) mass is 250 g/mol. The number of carbonyl (C=O) groups is 1. The molecule has 0 bridgehead atoms. The van der Waals surface area contributed by atoms with Gasteiger partial charge in [-0.15, -0.1) is 0 Å². The summed E-state index contributed by atoms with van der Waals surface area (Å²) in [5, 5.41) is 3.17. The van der Waals surface area contributed by atoms with Crippen molar-refractivity contribution in [2.45, 2.75) is 26.3 Å². The maximum absolute atomic E-state index is 13.2. The fourth-order valence-electron chi connectivity index (χ4n) is 2.13. The summed E-state index contributed by atoms with van der Waals surface area (Å²) in [6.07, 6.45) is 0.933. The molecule has 1 aliphatic heterocycles. The van der Waals surface area contributed by atoms with Crippen LogP contribution in [0, 0.1) is 12.7 Å². The highest BCUT2D eigenvalue weighted by Crippen LogP contribution is 2.15. The first-order valence-corrected chi connectivity index (χ1v) is 6.41. The molecule has 3 nitrogen and oxygen atoms in total. The first-order valence-electron chi connectivity index (χ1n) is 6.41. The lowest BCUT2D eigenvalue weighted by molar-refractivity contribution is 0.0615. The highest BCUT2D eigenvalue weighted by molar-refractivity contribution is 5.94. The van der Waals surface area contributed by atoms with Gasteiger partial charge in [-0.2, -0.15) is 0 Å². The Bertz CT molecular complexity index is 443. The summed E-state index contributed by atoms with van der Waals surface area (Å²) in [6.45, 7) is 6.20. The minimum absolute atomic E-state index is 0.00597. The Morgan fingerprint density at radius 1 is 1.50 bits per heavy atom. The van der Waals surface area contributed by atoms with E-state index in [1.54, 1.807) is 19.1 Å². The Morgan fingerprint density at radius 2 is 2.22 bits per heavy atom. The van der Waals surface area contributed by atoms with Gasteiger partial charge in [-0.05, 0) is 37.1 Å². The number of hydrogen-bond acceptors (Lipinski definition) is 2. The molecule has 1 N–H and O–H groups in total. The lowest BCUT2D eigenvalue weighted by Crippen LogP contribution is -2.59. The zero-order valence-corrected chi connectivity index (χ0v) is 10.9. The minimum Gasteiger partial charge on any atom is -0.333 e. The molecule has 2 rings (SSSR count). The molecule has 0 unspecified atom stereocenters. The lowest BCUT2D eigenvalue weighted by Gasteiger charge is -2.38. The molecule has 0 radical (unpaired) electrons. The minimum atomic E-state index is -0.265. The van der Waals surface area contributed by atoms with E-state index in [2.05, 4.69) is 12.2 Å². The number of nitrogens with one attached hydrogen (secondary N) is 1. The molecule has 1 heterocycles. The van der Waals surface area contributed by atoms with Gasteiger partial charge in [-0.3, -0.25) is 4.79 Å². The molecule has 0 saturated carbocycles. The van der Waals surface area contributed by atoms with E-state index in [1.807, 2.05) is 4.90 Å². The van der Waals surface area contributed by atoms with Crippen molar-refractivity contribution >= 4 is 5.91 Å². The Labute approximate surface area is 107 Å². The summed E-state index contributed by atoms with van der Waals surface area (Å²) in [5.74, 6) is -0.259. The van der Waals surface area contributed by atoms with Crippen LogP contribution in [0.3, 0.4) is 0 Å².